The number of hydrogen-bond acceptors (Lipinski definition) is 8. The van der Waals surface area contributed by atoms with Gasteiger partial charge in [0.15, 0.2) is 0 Å². The first-order chi connectivity index (χ1) is 18.6. The van der Waals surface area contributed by atoms with Crippen LogP contribution in [0.1, 0.15) is 46.5 Å². The van der Waals surface area contributed by atoms with Crippen molar-refractivity contribution in [3.8, 4) is 0 Å². The topological polar surface area (TPSA) is 176 Å². The number of ether oxygens (including phenoxy) is 1. The molecule has 0 saturated heterocycles. The molecular weight excluding hydrogens is 510 g/mol. The van der Waals surface area contributed by atoms with E-state index in [0.717, 1.165) is 17.7 Å². The number of nitrogens with one attached hydrogen (secondary N) is 3. The van der Waals surface area contributed by atoms with Crippen LogP contribution in [0.15, 0.2) is 35.3 Å². The quantitative estimate of drug-likeness (QED) is 0.150. The summed E-state index contributed by atoms with van der Waals surface area (Å²) >= 11 is 0. The number of aromatic nitrogens is 1. The van der Waals surface area contributed by atoms with E-state index in [4.69, 9.17) is 9.84 Å². The van der Waals surface area contributed by atoms with Crippen molar-refractivity contribution in [2.24, 2.45) is 0 Å². The van der Waals surface area contributed by atoms with E-state index in [1.54, 1.807) is 6.92 Å². The smallest absolute Gasteiger partial charge is 0.330 e. The van der Waals surface area contributed by atoms with Crippen LogP contribution >= 0.6 is 0 Å². The Morgan fingerprint density at radius 2 is 1.82 bits per heavy atom. The first-order valence-corrected chi connectivity index (χ1v) is 12.9. The van der Waals surface area contributed by atoms with Crippen LogP contribution in [0.5, 0.6) is 0 Å². The number of carbonyl (C=O) groups is 5. The number of carbonyl (C=O) groups excluding carboxylic acids is 4. The third-order valence-corrected chi connectivity index (χ3v) is 5.62. The Hall–Kier alpha value is -4.00. The van der Waals surface area contributed by atoms with Gasteiger partial charge in [-0.3, -0.25) is 24.0 Å². The minimum absolute atomic E-state index is 0.0660. The molecule has 39 heavy (non-hydrogen) atoms. The average molecular weight is 550 g/mol. The lowest BCUT2D eigenvalue weighted by Crippen LogP contribution is -2.44. The van der Waals surface area contributed by atoms with Crippen molar-refractivity contribution in [3.63, 3.8) is 0 Å². The molecule has 0 saturated carbocycles. The lowest BCUT2D eigenvalue weighted by molar-refractivity contribution is -0.139. The summed E-state index contributed by atoms with van der Waals surface area (Å²) in [5.41, 5.74) is -0.701. The fourth-order valence-corrected chi connectivity index (χ4v) is 3.47. The first kappa shape index (κ1) is 33.0. The molecule has 0 radical (unpaired) electrons. The van der Waals surface area contributed by atoms with E-state index < -0.39 is 41.8 Å². The summed E-state index contributed by atoms with van der Waals surface area (Å²) in [5.74, 6) is -3.43. The van der Waals surface area contributed by atoms with Gasteiger partial charge in [0.1, 0.15) is 18.3 Å². The molecule has 0 bridgehead atoms. The number of anilines is 1. The Morgan fingerprint density at radius 3 is 2.46 bits per heavy atom. The van der Waals surface area contributed by atoms with Gasteiger partial charge >= 0.3 is 11.9 Å². The van der Waals surface area contributed by atoms with E-state index in [0.29, 0.717) is 13.1 Å². The number of likely N-dealkylation sites (N-methyl/N-ethyl adjacent to an activating group) is 1. The molecule has 4 N–H and O–H groups in total. The van der Waals surface area contributed by atoms with Crippen LogP contribution in [-0.4, -0.2) is 83.1 Å². The lowest BCUT2D eigenvalue weighted by Gasteiger charge is -2.19. The molecule has 1 heterocycles. The second-order valence-corrected chi connectivity index (χ2v) is 8.47. The number of nitrogens with zero attached hydrogens (tertiary/aromatic N) is 2. The van der Waals surface area contributed by atoms with Crippen LogP contribution in [-0.2, 0) is 35.3 Å². The molecule has 0 fully saturated rings. The summed E-state index contributed by atoms with van der Waals surface area (Å²) in [7, 11) is 0. The Morgan fingerprint density at radius 1 is 1.10 bits per heavy atom. The largest absolute Gasteiger partial charge is 0.481 e. The fraction of sp³-hybridized carbons (Fsp3) is 0.538. The number of amides is 3. The number of hydrogen-bond donors (Lipinski definition) is 4. The highest BCUT2D eigenvalue weighted by molar-refractivity contribution is 5.97. The van der Waals surface area contributed by atoms with E-state index in [-0.39, 0.29) is 44.0 Å². The zero-order chi connectivity index (χ0) is 29.2. The van der Waals surface area contributed by atoms with Gasteiger partial charge < -0.3 is 35.3 Å². The summed E-state index contributed by atoms with van der Waals surface area (Å²) in [4.78, 5) is 74.8. The molecule has 13 nitrogen and oxygen atoms in total. The monoisotopic (exact) mass is 549 g/mol. The number of esters is 1. The third-order valence-electron chi connectivity index (χ3n) is 5.62. The van der Waals surface area contributed by atoms with E-state index in [9.17, 15) is 28.8 Å². The van der Waals surface area contributed by atoms with Gasteiger partial charge in [0.05, 0.1) is 13.0 Å². The van der Waals surface area contributed by atoms with E-state index in [2.05, 4.69) is 20.9 Å². The molecular formula is C26H39N5O8. The predicted molar refractivity (Wildman–Crippen MR) is 144 cm³/mol. The van der Waals surface area contributed by atoms with Crippen LogP contribution < -0.4 is 21.5 Å². The Bertz CT molecular complexity index is 1060. The van der Waals surface area contributed by atoms with Crippen LogP contribution in [0.3, 0.4) is 0 Å². The standard InChI is InChI=1S/C26H39N5O8/c1-4-30(5-2)17-15-27-22(33)18-31-16-9-11-20(26(31)38)29-25(37)19(28-21(32)13-14-23(34)35)10-7-8-12-24(36)39-6-3/h8-9,11-12,16,19H,4-7,10,13-15,17-18H2,1-3H3,(H,27,33)(H,28,32)(H,29,37)(H,34,35)/b12-8+/t19-/m0/s1. The number of rotatable bonds is 18. The normalized spacial score (nSPS) is 11.7. The van der Waals surface area contributed by atoms with E-state index >= 15 is 0 Å². The van der Waals surface area contributed by atoms with E-state index in [1.165, 1.54) is 30.5 Å². The minimum atomic E-state index is -1.16. The summed E-state index contributed by atoms with van der Waals surface area (Å²) < 4.78 is 5.95. The highest BCUT2D eigenvalue weighted by atomic mass is 16.5. The molecule has 13 heteroatoms. The lowest BCUT2D eigenvalue weighted by atomic mass is 10.1. The zero-order valence-electron chi connectivity index (χ0n) is 22.7. The summed E-state index contributed by atoms with van der Waals surface area (Å²) in [5, 5.41) is 16.5. The highest BCUT2D eigenvalue weighted by Crippen LogP contribution is 2.06. The molecule has 3 amide bonds. The summed E-state index contributed by atoms with van der Waals surface area (Å²) in [6.07, 6.45) is 3.64. The Kier molecular flexibility index (Phi) is 15.5. The van der Waals surface area contributed by atoms with Crippen LogP contribution in [0.2, 0.25) is 0 Å². The number of carboxylic acids is 1. The maximum atomic E-state index is 13.0. The predicted octanol–water partition coefficient (Wildman–Crippen LogP) is 0.494. The van der Waals surface area contributed by atoms with Crippen molar-refractivity contribution in [2.45, 2.75) is 59.0 Å². The van der Waals surface area contributed by atoms with E-state index in [1.807, 2.05) is 13.8 Å². The van der Waals surface area contributed by atoms with Gasteiger partial charge in [-0.05, 0) is 45.0 Å². The van der Waals surface area contributed by atoms with Gasteiger partial charge in [0.2, 0.25) is 17.7 Å². The van der Waals surface area contributed by atoms with Gasteiger partial charge in [-0.15, -0.1) is 0 Å². The van der Waals surface area contributed by atoms with Gasteiger partial charge in [0.25, 0.3) is 5.56 Å². The third kappa shape index (κ3) is 13.4. The second kappa shape index (κ2) is 18.3. The van der Waals surface area contributed by atoms with Crippen molar-refractivity contribution in [1.29, 1.82) is 0 Å². The Labute approximate surface area is 227 Å². The maximum absolute atomic E-state index is 13.0. The van der Waals surface area contributed by atoms with Crippen LogP contribution in [0.25, 0.3) is 0 Å². The minimum Gasteiger partial charge on any atom is -0.481 e. The van der Waals surface area contributed by atoms with Crippen molar-refractivity contribution < 1.29 is 33.8 Å². The second-order valence-electron chi connectivity index (χ2n) is 8.47. The molecule has 1 rings (SSSR count). The van der Waals surface area contributed by atoms with Crippen LogP contribution in [0, 0.1) is 0 Å². The first-order valence-electron chi connectivity index (χ1n) is 12.9. The number of allylic oxidation sites excluding steroid dienone is 1. The molecule has 1 aromatic heterocycles. The maximum Gasteiger partial charge on any atom is 0.330 e. The molecule has 0 aliphatic rings. The number of aliphatic carboxylic acids is 1. The molecule has 1 aromatic rings. The van der Waals surface area contributed by atoms with Gasteiger partial charge in [-0.25, -0.2) is 4.79 Å². The number of carboxylic acid groups (broad SMARTS) is 1. The highest BCUT2D eigenvalue weighted by Gasteiger charge is 2.22. The van der Waals surface area contributed by atoms with Crippen molar-refractivity contribution >= 4 is 35.3 Å². The average Bonchev–Trinajstić information content (AvgIpc) is 2.89. The molecule has 0 aliphatic heterocycles. The van der Waals surface area contributed by atoms with Crippen molar-refractivity contribution in [1.82, 2.24) is 20.1 Å². The molecule has 0 aromatic carbocycles. The summed E-state index contributed by atoms with van der Waals surface area (Å²) in [6.45, 7) is 8.50. The van der Waals surface area contributed by atoms with Crippen LogP contribution in [0.4, 0.5) is 5.69 Å². The van der Waals surface area contributed by atoms with Gasteiger partial charge in [0, 0.05) is 31.8 Å². The van der Waals surface area contributed by atoms with Gasteiger partial charge in [-0.1, -0.05) is 19.9 Å². The zero-order valence-corrected chi connectivity index (χ0v) is 22.7. The fourth-order valence-electron chi connectivity index (χ4n) is 3.47. The van der Waals surface area contributed by atoms with Crippen molar-refractivity contribution in [2.75, 3.05) is 38.1 Å². The molecule has 216 valence electrons. The molecule has 0 aliphatic carbocycles. The molecule has 0 spiro atoms. The van der Waals surface area contributed by atoms with Crippen molar-refractivity contribution in [3.05, 3.63) is 40.8 Å². The molecule has 1 atom stereocenters. The summed E-state index contributed by atoms with van der Waals surface area (Å²) in [6, 6.07) is 1.76. The number of pyridine rings is 1. The SMILES string of the molecule is CCOC(=O)/C=C/CC[C@H](NC(=O)CCC(=O)O)C(=O)Nc1cccn(CC(=O)NCCN(CC)CC)c1=O. The van der Waals surface area contributed by atoms with Gasteiger partial charge in [-0.2, -0.15) is 0 Å². The Balaban J connectivity index is 2.88. The molecule has 0 unspecified atom stereocenters.